The zero-order chi connectivity index (χ0) is 37.3. The summed E-state index contributed by atoms with van der Waals surface area (Å²) in [5, 5.41) is 24.6. The van der Waals surface area contributed by atoms with Crippen LogP contribution < -0.4 is 10.6 Å². The van der Waals surface area contributed by atoms with Crippen LogP contribution in [-0.4, -0.2) is 81.2 Å². The van der Waals surface area contributed by atoms with Crippen LogP contribution in [0, 0.1) is 10.1 Å². The third-order valence-electron chi connectivity index (χ3n) is 8.14. The second kappa shape index (κ2) is 14.5. The maximum absolute atomic E-state index is 13.6. The van der Waals surface area contributed by atoms with Gasteiger partial charge in [-0.25, -0.2) is 4.99 Å². The predicted octanol–water partition coefficient (Wildman–Crippen LogP) is 1.85. The number of aromatic hydroxyl groups is 1. The molecule has 2 aliphatic heterocycles. The molecule has 0 radical (unpaired) electrons. The van der Waals surface area contributed by atoms with Crippen LogP contribution in [0.5, 0.6) is 5.88 Å². The summed E-state index contributed by atoms with van der Waals surface area (Å²) in [6.07, 6.45) is -7.24. The van der Waals surface area contributed by atoms with Gasteiger partial charge in [-0.05, 0) is 30.7 Å². The van der Waals surface area contributed by atoms with Gasteiger partial charge in [0.15, 0.2) is 30.3 Å². The van der Waals surface area contributed by atoms with E-state index < -0.39 is 83.5 Å². The van der Waals surface area contributed by atoms with E-state index in [0.29, 0.717) is 6.42 Å². The number of Topliss-reactive ketones (excluding diaryl/α,β-unsaturated/α-hetero) is 1. The number of hydrogen-bond donors (Lipinski definition) is 1. The minimum absolute atomic E-state index is 0.0858. The Kier molecular flexibility index (Phi) is 10.3. The van der Waals surface area contributed by atoms with Gasteiger partial charge in [0.25, 0.3) is 11.6 Å². The molecule has 1 fully saturated rings. The van der Waals surface area contributed by atoms with Crippen molar-refractivity contribution in [1.29, 1.82) is 0 Å². The van der Waals surface area contributed by atoms with Crippen LogP contribution in [0.25, 0.3) is 16.5 Å². The Morgan fingerprint density at radius 2 is 1.57 bits per heavy atom. The lowest BCUT2D eigenvalue weighted by Gasteiger charge is -2.45. The summed E-state index contributed by atoms with van der Waals surface area (Å²) in [5.41, 5.74) is -0.558. The number of nitro benzene ring substituents is 1. The van der Waals surface area contributed by atoms with Gasteiger partial charge in [-0.15, -0.1) is 0 Å². The minimum atomic E-state index is -1.73. The Balaban J connectivity index is 1.84. The van der Waals surface area contributed by atoms with E-state index in [9.17, 15) is 44.0 Å². The topological polar surface area (TPSA) is 229 Å². The van der Waals surface area contributed by atoms with Crippen molar-refractivity contribution in [2.75, 3.05) is 6.61 Å². The highest BCUT2D eigenvalue weighted by Crippen LogP contribution is 2.44. The molecule has 0 spiro atoms. The van der Waals surface area contributed by atoms with Crippen molar-refractivity contribution in [3.63, 3.8) is 0 Å². The van der Waals surface area contributed by atoms with Crippen LogP contribution >= 0.6 is 0 Å². The lowest BCUT2D eigenvalue weighted by atomic mass is 9.97. The molecule has 268 valence electrons. The fourth-order valence-corrected chi connectivity index (χ4v) is 6.22. The molecular formula is C34H33N3O14. The molecule has 1 amide bonds. The van der Waals surface area contributed by atoms with Gasteiger partial charge in [-0.2, -0.15) is 0 Å². The Labute approximate surface area is 288 Å². The minimum Gasteiger partial charge on any atom is -0.494 e. The number of amides is 1. The number of rotatable bonds is 11. The molecule has 1 N–H and O–H groups in total. The van der Waals surface area contributed by atoms with E-state index in [0.717, 1.165) is 44.4 Å². The number of benzene rings is 2. The zero-order valence-electron chi connectivity index (χ0n) is 28.1. The normalized spacial score (nSPS) is 21.0. The standard InChI is InChI=1S/C34H33N3O14/c1-6-7-25(42)19-8-11-23-22(12-19)27(32(43)35-23)28-21-10-9-20(37(45)46)13-24(21)36(33(28)44)34-31(50-18(5)41)30(49-17(4)40)29(48-16(3)39)26(51-34)14-47-15(2)38/h8-13,26,29-31,34,44H,6-7,14H2,1-5H3/t26-,29-,30+,31-,34-/m1/s1. The summed E-state index contributed by atoms with van der Waals surface area (Å²) in [6, 6.07) is 7.99. The molecule has 3 aromatic rings. The summed E-state index contributed by atoms with van der Waals surface area (Å²) in [4.78, 5) is 90.7. The van der Waals surface area contributed by atoms with Gasteiger partial charge in [-0.3, -0.25) is 43.4 Å². The van der Waals surface area contributed by atoms with Crippen molar-refractivity contribution in [1.82, 2.24) is 4.57 Å². The highest BCUT2D eigenvalue weighted by atomic mass is 16.7. The molecule has 0 saturated carbocycles. The summed E-state index contributed by atoms with van der Waals surface area (Å²) in [7, 11) is 0. The van der Waals surface area contributed by atoms with Crippen LogP contribution in [-0.2, 0) is 47.7 Å². The predicted molar refractivity (Wildman–Crippen MR) is 171 cm³/mol. The molecule has 0 bridgehead atoms. The van der Waals surface area contributed by atoms with Gasteiger partial charge in [0.2, 0.25) is 5.88 Å². The molecule has 2 aromatic carbocycles. The van der Waals surface area contributed by atoms with Crippen LogP contribution in [0.2, 0.25) is 0 Å². The lowest BCUT2D eigenvalue weighted by Crippen LogP contribution is -2.60. The van der Waals surface area contributed by atoms with Crippen molar-refractivity contribution < 1.29 is 62.5 Å². The molecule has 1 saturated heterocycles. The molecule has 17 nitrogen and oxygen atoms in total. The van der Waals surface area contributed by atoms with Crippen LogP contribution in [0.15, 0.2) is 41.4 Å². The van der Waals surface area contributed by atoms with Gasteiger partial charge in [0, 0.05) is 62.4 Å². The van der Waals surface area contributed by atoms with Crippen molar-refractivity contribution in [2.45, 2.75) is 78.1 Å². The van der Waals surface area contributed by atoms with Crippen molar-refractivity contribution in [3.05, 3.63) is 68.2 Å². The number of ether oxygens (including phenoxy) is 5. The summed E-state index contributed by atoms with van der Waals surface area (Å²) in [6.45, 7) is 5.47. The number of fused-ring (bicyclic) bond motifs is 2. The van der Waals surface area contributed by atoms with E-state index in [4.69, 9.17) is 23.7 Å². The van der Waals surface area contributed by atoms with Crippen molar-refractivity contribution in [2.24, 2.45) is 4.99 Å². The number of nitro groups is 1. The highest BCUT2D eigenvalue weighted by Gasteiger charge is 2.54. The van der Waals surface area contributed by atoms with Crippen LogP contribution in [0.1, 0.15) is 69.6 Å². The molecule has 51 heavy (non-hydrogen) atoms. The molecule has 2 aliphatic rings. The fourth-order valence-electron chi connectivity index (χ4n) is 6.22. The van der Waals surface area contributed by atoms with Crippen LogP contribution in [0.4, 0.5) is 5.69 Å². The third kappa shape index (κ3) is 7.19. The second-order valence-electron chi connectivity index (χ2n) is 11.8. The number of esters is 4. The fraction of sp³-hybridized carbons (Fsp3) is 0.382. The Hall–Kier alpha value is -5.97. The van der Waals surface area contributed by atoms with Gasteiger partial charge in [0.1, 0.15) is 12.7 Å². The lowest BCUT2D eigenvalue weighted by molar-refractivity contribution is -0.384. The Bertz CT molecular complexity index is 2120. The Morgan fingerprint density at radius 1 is 0.922 bits per heavy atom. The first-order valence-corrected chi connectivity index (χ1v) is 15.8. The maximum atomic E-state index is 13.6. The Morgan fingerprint density at radius 3 is 2.18 bits per heavy atom. The smallest absolute Gasteiger partial charge is 0.303 e. The first kappa shape index (κ1) is 36.3. The van der Waals surface area contributed by atoms with Gasteiger partial charge in [0.05, 0.1) is 26.9 Å². The molecule has 3 heterocycles. The maximum Gasteiger partial charge on any atom is 0.303 e. The van der Waals surface area contributed by atoms with Crippen molar-refractivity contribution in [3.8, 4) is 5.88 Å². The largest absolute Gasteiger partial charge is 0.494 e. The zero-order valence-corrected chi connectivity index (χ0v) is 28.1. The number of carbonyl (C=O) groups excluding carboxylic acids is 6. The van der Waals surface area contributed by atoms with E-state index in [2.05, 4.69) is 4.99 Å². The SMILES string of the molecule is CCCC(=O)c1ccc2c(c1)=C(c1c(O)n([C@@H]3O[C@H](COC(C)=O)[C@@H](OC(C)=O)[C@H](OC(C)=O)[C@H]3OC(C)=O)c3cc([N+](=O)[O-])ccc13)C(=O)N=2. The summed E-state index contributed by atoms with van der Waals surface area (Å²) < 4.78 is 28.9. The van der Waals surface area contributed by atoms with Crippen molar-refractivity contribution >= 4 is 57.7 Å². The van der Waals surface area contributed by atoms with E-state index in [1.807, 2.05) is 6.92 Å². The average molecular weight is 708 g/mol. The molecule has 17 heteroatoms. The van der Waals surface area contributed by atoms with Gasteiger partial charge in [-0.1, -0.05) is 6.92 Å². The quantitative estimate of drug-likeness (QED) is 0.0986. The van der Waals surface area contributed by atoms with E-state index in [-0.39, 0.29) is 50.4 Å². The monoisotopic (exact) mass is 707 g/mol. The summed E-state index contributed by atoms with van der Waals surface area (Å²) in [5.74, 6) is -5.16. The molecular weight excluding hydrogens is 674 g/mol. The number of non-ortho nitro benzene ring substituents is 1. The first-order chi connectivity index (χ1) is 24.1. The number of nitrogens with zero attached hydrogens (tertiary/aromatic N) is 3. The third-order valence-corrected chi connectivity index (χ3v) is 8.14. The average Bonchev–Trinajstić information content (AvgIpc) is 3.51. The highest BCUT2D eigenvalue weighted by molar-refractivity contribution is 6.25. The molecule has 1 aromatic heterocycles. The number of aromatic nitrogens is 1. The van der Waals surface area contributed by atoms with Gasteiger partial charge >= 0.3 is 23.9 Å². The van der Waals surface area contributed by atoms with Crippen LogP contribution in [0.3, 0.4) is 0 Å². The number of carbonyl (C=O) groups is 6. The number of ketones is 1. The molecule has 0 unspecified atom stereocenters. The van der Waals surface area contributed by atoms with E-state index in [1.54, 1.807) is 0 Å². The van der Waals surface area contributed by atoms with E-state index >= 15 is 0 Å². The number of hydrogen-bond acceptors (Lipinski definition) is 14. The molecule has 0 aliphatic carbocycles. The molecule has 5 rings (SSSR count). The second-order valence-corrected chi connectivity index (χ2v) is 11.8. The molecule has 5 atom stereocenters. The van der Waals surface area contributed by atoms with E-state index in [1.165, 1.54) is 24.3 Å². The summed E-state index contributed by atoms with van der Waals surface area (Å²) >= 11 is 0. The van der Waals surface area contributed by atoms with Gasteiger partial charge < -0.3 is 28.8 Å². The first-order valence-electron chi connectivity index (χ1n) is 15.8.